The van der Waals surface area contributed by atoms with Crippen LogP contribution in [-0.2, 0) is 11.2 Å². The Morgan fingerprint density at radius 2 is 1.75 bits per heavy atom. The summed E-state index contributed by atoms with van der Waals surface area (Å²) in [7, 11) is 1.64. The summed E-state index contributed by atoms with van der Waals surface area (Å²) in [4.78, 5) is 28.0. The number of urea groups is 1. The van der Waals surface area contributed by atoms with Gasteiger partial charge in [-0.3, -0.25) is 4.79 Å². The average Bonchev–Trinajstić information content (AvgIpc) is 2.86. The van der Waals surface area contributed by atoms with E-state index in [4.69, 9.17) is 4.74 Å². The van der Waals surface area contributed by atoms with Crippen LogP contribution in [0.4, 0.5) is 4.79 Å². The van der Waals surface area contributed by atoms with Crippen LogP contribution < -0.4 is 10.1 Å². The standard InChI is InChI=1S/C18H27N3O3/c1-3-19-18(23)21-12-4-11-20(13-14-21)17(22)10-7-15-5-8-16(24-2)9-6-15/h5-6,8-9H,3-4,7,10-14H2,1-2H3,(H,19,23). The molecule has 0 unspecified atom stereocenters. The third kappa shape index (κ3) is 5.15. The first-order chi connectivity index (χ1) is 11.6. The van der Waals surface area contributed by atoms with Gasteiger partial charge in [0.2, 0.25) is 5.91 Å². The molecular weight excluding hydrogens is 306 g/mol. The van der Waals surface area contributed by atoms with Gasteiger partial charge in [0.25, 0.3) is 0 Å². The SMILES string of the molecule is CCNC(=O)N1CCCN(C(=O)CCc2ccc(OC)cc2)CC1. The van der Waals surface area contributed by atoms with Crippen LogP contribution in [0.1, 0.15) is 25.3 Å². The molecule has 1 saturated heterocycles. The largest absolute Gasteiger partial charge is 0.497 e. The van der Waals surface area contributed by atoms with Gasteiger partial charge in [-0.25, -0.2) is 4.79 Å². The zero-order chi connectivity index (χ0) is 17.4. The Labute approximate surface area is 143 Å². The molecule has 1 N–H and O–H groups in total. The van der Waals surface area contributed by atoms with E-state index in [0.717, 1.165) is 30.7 Å². The van der Waals surface area contributed by atoms with Gasteiger partial charge in [0, 0.05) is 39.1 Å². The van der Waals surface area contributed by atoms with Crippen molar-refractivity contribution in [3.05, 3.63) is 29.8 Å². The molecule has 1 aromatic carbocycles. The van der Waals surface area contributed by atoms with Crippen molar-refractivity contribution in [3.63, 3.8) is 0 Å². The molecule has 24 heavy (non-hydrogen) atoms. The lowest BCUT2D eigenvalue weighted by molar-refractivity contribution is -0.131. The van der Waals surface area contributed by atoms with E-state index in [9.17, 15) is 9.59 Å². The minimum absolute atomic E-state index is 0.0370. The summed E-state index contributed by atoms with van der Waals surface area (Å²) in [5.41, 5.74) is 1.13. The maximum Gasteiger partial charge on any atom is 0.317 e. The number of methoxy groups -OCH3 is 1. The molecule has 1 aliphatic rings. The van der Waals surface area contributed by atoms with Crippen LogP contribution in [0.5, 0.6) is 5.75 Å². The van der Waals surface area contributed by atoms with Gasteiger partial charge in [0.1, 0.15) is 5.75 Å². The molecule has 0 spiro atoms. The number of benzene rings is 1. The fourth-order valence-electron chi connectivity index (χ4n) is 2.83. The molecule has 1 heterocycles. The quantitative estimate of drug-likeness (QED) is 0.895. The molecule has 1 aromatic rings. The van der Waals surface area contributed by atoms with E-state index in [1.165, 1.54) is 0 Å². The first kappa shape index (κ1) is 18.1. The molecule has 1 aliphatic heterocycles. The highest BCUT2D eigenvalue weighted by Crippen LogP contribution is 2.13. The zero-order valence-corrected chi connectivity index (χ0v) is 14.6. The highest BCUT2D eigenvalue weighted by Gasteiger charge is 2.21. The first-order valence-electron chi connectivity index (χ1n) is 8.57. The number of hydrogen-bond donors (Lipinski definition) is 1. The molecule has 6 nitrogen and oxygen atoms in total. The molecule has 1 fully saturated rings. The van der Waals surface area contributed by atoms with Gasteiger partial charge < -0.3 is 19.9 Å². The molecular formula is C18H27N3O3. The first-order valence-corrected chi connectivity index (χ1v) is 8.57. The second-order valence-electron chi connectivity index (χ2n) is 5.90. The maximum atomic E-state index is 12.4. The molecule has 3 amide bonds. The Kier molecular flexibility index (Phi) is 6.90. The molecule has 0 aliphatic carbocycles. The van der Waals surface area contributed by atoms with Crippen LogP contribution in [-0.4, -0.2) is 61.6 Å². The third-order valence-corrected chi connectivity index (χ3v) is 4.25. The van der Waals surface area contributed by atoms with Gasteiger partial charge in [-0.15, -0.1) is 0 Å². The predicted molar refractivity (Wildman–Crippen MR) is 93.2 cm³/mol. The van der Waals surface area contributed by atoms with Crippen molar-refractivity contribution in [3.8, 4) is 5.75 Å². The number of hydrogen-bond acceptors (Lipinski definition) is 3. The summed E-state index contributed by atoms with van der Waals surface area (Å²) in [6.07, 6.45) is 2.04. The lowest BCUT2D eigenvalue weighted by Crippen LogP contribution is -2.42. The number of ether oxygens (including phenoxy) is 1. The molecule has 2 rings (SSSR count). The molecule has 0 atom stereocenters. The fourth-order valence-corrected chi connectivity index (χ4v) is 2.83. The van der Waals surface area contributed by atoms with Crippen molar-refractivity contribution in [1.82, 2.24) is 15.1 Å². The van der Waals surface area contributed by atoms with E-state index in [0.29, 0.717) is 32.6 Å². The van der Waals surface area contributed by atoms with Gasteiger partial charge in [-0.1, -0.05) is 12.1 Å². The minimum atomic E-state index is -0.0370. The monoisotopic (exact) mass is 333 g/mol. The van der Waals surface area contributed by atoms with Crippen molar-refractivity contribution in [1.29, 1.82) is 0 Å². The Morgan fingerprint density at radius 3 is 2.42 bits per heavy atom. The van der Waals surface area contributed by atoms with E-state index in [-0.39, 0.29) is 11.9 Å². The number of nitrogens with one attached hydrogen (secondary N) is 1. The normalized spacial score (nSPS) is 14.9. The van der Waals surface area contributed by atoms with Crippen LogP contribution in [0.2, 0.25) is 0 Å². The highest BCUT2D eigenvalue weighted by molar-refractivity contribution is 5.77. The van der Waals surface area contributed by atoms with Crippen LogP contribution in [0.3, 0.4) is 0 Å². The third-order valence-electron chi connectivity index (χ3n) is 4.25. The van der Waals surface area contributed by atoms with E-state index in [2.05, 4.69) is 5.32 Å². The van der Waals surface area contributed by atoms with Crippen LogP contribution in [0.25, 0.3) is 0 Å². The predicted octanol–water partition coefficient (Wildman–Crippen LogP) is 1.89. The van der Waals surface area contributed by atoms with Crippen molar-refractivity contribution < 1.29 is 14.3 Å². The summed E-state index contributed by atoms with van der Waals surface area (Å²) in [5.74, 6) is 0.978. The second kappa shape index (κ2) is 9.15. The number of carbonyl (C=O) groups excluding carboxylic acids is 2. The van der Waals surface area contributed by atoms with Gasteiger partial charge in [-0.05, 0) is 37.5 Å². The average molecular weight is 333 g/mol. The number of aryl methyl sites for hydroxylation is 1. The fraction of sp³-hybridized carbons (Fsp3) is 0.556. The van der Waals surface area contributed by atoms with Gasteiger partial charge >= 0.3 is 6.03 Å². The topological polar surface area (TPSA) is 61.9 Å². The summed E-state index contributed by atoms with van der Waals surface area (Å²) in [6, 6.07) is 7.77. The lowest BCUT2D eigenvalue weighted by Gasteiger charge is -2.22. The number of rotatable bonds is 5. The van der Waals surface area contributed by atoms with Crippen LogP contribution >= 0.6 is 0 Å². The van der Waals surface area contributed by atoms with E-state index in [1.807, 2.05) is 36.1 Å². The number of carbonyl (C=O) groups is 2. The van der Waals surface area contributed by atoms with Crippen molar-refractivity contribution in [2.24, 2.45) is 0 Å². The van der Waals surface area contributed by atoms with Gasteiger partial charge in [-0.2, -0.15) is 0 Å². The summed E-state index contributed by atoms with van der Waals surface area (Å²) in [5, 5.41) is 2.82. The zero-order valence-electron chi connectivity index (χ0n) is 14.6. The number of amides is 3. The molecule has 0 saturated carbocycles. The molecule has 0 radical (unpaired) electrons. The Balaban J connectivity index is 1.80. The van der Waals surface area contributed by atoms with Gasteiger partial charge in [0.05, 0.1) is 7.11 Å². The summed E-state index contributed by atoms with van der Waals surface area (Å²) < 4.78 is 5.14. The van der Waals surface area contributed by atoms with E-state index < -0.39 is 0 Å². The van der Waals surface area contributed by atoms with Crippen molar-refractivity contribution in [2.75, 3.05) is 39.8 Å². The lowest BCUT2D eigenvalue weighted by atomic mass is 10.1. The molecule has 6 heteroatoms. The second-order valence-corrected chi connectivity index (χ2v) is 5.90. The number of nitrogens with zero attached hydrogens (tertiary/aromatic N) is 2. The molecule has 0 bridgehead atoms. The Hall–Kier alpha value is -2.24. The van der Waals surface area contributed by atoms with Crippen LogP contribution in [0, 0.1) is 0 Å². The summed E-state index contributed by atoms with van der Waals surface area (Å²) >= 11 is 0. The molecule has 132 valence electrons. The Morgan fingerprint density at radius 1 is 1.08 bits per heavy atom. The highest BCUT2D eigenvalue weighted by atomic mass is 16.5. The Bertz CT molecular complexity index is 545. The van der Waals surface area contributed by atoms with Gasteiger partial charge in [0.15, 0.2) is 0 Å². The van der Waals surface area contributed by atoms with Crippen molar-refractivity contribution >= 4 is 11.9 Å². The van der Waals surface area contributed by atoms with E-state index in [1.54, 1.807) is 12.0 Å². The molecule has 0 aromatic heterocycles. The smallest absolute Gasteiger partial charge is 0.317 e. The maximum absolute atomic E-state index is 12.4. The minimum Gasteiger partial charge on any atom is -0.497 e. The van der Waals surface area contributed by atoms with Crippen LogP contribution in [0.15, 0.2) is 24.3 Å². The van der Waals surface area contributed by atoms with Crippen molar-refractivity contribution in [2.45, 2.75) is 26.2 Å². The van der Waals surface area contributed by atoms with E-state index >= 15 is 0 Å². The summed E-state index contributed by atoms with van der Waals surface area (Å²) in [6.45, 7) is 5.16.